The van der Waals surface area contributed by atoms with Crippen LogP contribution in [0.25, 0.3) is 5.52 Å². The number of nitrogens with one attached hydrogen (secondary N) is 1. The molecule has 1 aliphatic heterocycles. The highest BCUT2D eigenvalue weighted by molar-refractivity contribution is 5.49. The number of halogens is 3. The van der Waals surface area contributed by atoms with Crippen molar-refractivity contribution in [3.05, 3.63) is 35.9 Å². The molecular weight excluding hydrogens is 255 g/mol. The van der Waals surface area contributed by atoms with E-state index in [1.165, 1.54) is 12.4 Å². The Labute approximate surface area is 108 Å². The fraction of sp³-hybridized carbons (Fsp3) is 0.462. The van der Waals surface area contributed by atoms with Gasteiger partial charge in [0, 0.05) is 12.1 Å². The van der Waals surface area contributed by atoms with Crippen LogP contribution in [0.5, 0.6) is 0 Å². The van der Waals surface area contributed by atoms with Gasteiger partial charge in [0.2, 0.25) is 0 Å². The molecule has 19 heavy (non-hydrogen) atoms. The molecule has 1 fully saturated rings. The zero-order chi connectivity index (χ0) is 13.5. The zero-order valence-electron chi connectivity index (χ0n) is 10.2. The Morgan fingerprint density at radius 2 is 2.00 bits per heavy atom. The van der Waals surface area contributed by atoms with Gasteiger partial charge >= 0.3 is 6.18 Å². The van der Waals surface area contributed by atoms with Gasteiger partial charge in [-0.25, -0.2) is 4.98 Å². The van der Waals surface area contributed by atoms with E-state index in [1.807, 2.05) is 0 Å². The molecule has 0 bridgehead atoms. The van der Waals surface area contributed by atoms with Crippen LogP contribution in [0.4, 0.5) is 13.2 Å². The Bertz CT molecular complexity index is 582. The third-order valence-corrected chi connectivity index (χ3v) is 3.59. The van der Waals surface area contributed by atoms with Crippen molar-refractivity contribution in [2.75, 3.05) is 13.1 Å². The van der Waals surface area contributed by atoms with Gasteiger partial charge in [-0.1, -0.05) is 0 Å². The molecule has 0 spiro atoms. The topological polar surface area (TPSA) is 29.3 Å². The van der Waals surface area contributed by atoms with Gasteiger partial charge in [-0.2, -0.15) is 13.2 Å². The molecule has 0 amide bonds. The molecule has 1 N–H and O–H groups in total. The van der Waals surface area contributed by atoms with E-state index in [0.29, 0.717) is 11.4 Å². The van der Waals surface area contributed by atoms with Crippen LogP contribution in [-0.2, 0) is 6.18 Å². The van der Waals surface area contributed by atoms with Crippen molar-refractivity contribution in [3.63, 3.8) is 0 Å². The summed E-state index contributed by atoms with van der Waals surface area (Å²) in [6.45, 7) is 1.86. The Balaban J connectivity index is 2.00. The van der Waals surface area contributed by atoms with Crippen LogP contribution >= 0.6 is 0 Å². The van der Waals surface area contributed by atoms with Crippen molar-refractivity contribution in [2.24, 2.45) is 0 Å². The van der Waals surface area contributed by atoms with E-state index in [9.17, 15) is 13.2 Å². The number of aromatic nitrogens is 2. The van der Waals surface area contributed by atoms with Crippen LogP contribution in [0.3, 0.4) is 0 Å². The summed E-state index contributed by atoms with van der Waals surface area (Å²) in [5.74, 6) is 1.19. The maximum Gasteiger partial charge on any atom is 0.416 e. The molecule has 2 aromatic heterocycles. The number of pyridine rings is 1. The number of fused-ring (bicyclic) bond motifs is 1. The smallest absolute Gasteiger partial charge is 0.317 e. The molecule has 0 unspecified atom stereocenters. The largest absolute Gasteiger partial charge is 0.416 e. The van der Waals surface area contributed by atoms with Gasteiger partial charge in [0.15, 0.2) is 0 Å². The molecule has 3 nitrogen and oxygen atoms in total. The number of imidazole rings is 1. The first-order valence-electron chi connectivity index (χ1n) is 6.30. The van der Waals surface area contributed by atoms with E-state index >= 15 is 0 Å². The molecule has 1 aliphatic rings. The van der Waals surface area contributed by atoms with Gasteiger partial charge in [-0.3, -0.25) is 0 Å². The molecule has 6 heteroatoms. The average Bonchev–Trinajstić information content (AvgIpc) is 2.81. The van der Waals surface area contributed by atoms with Crippen LogP contribution in [0.2, 0.25) is 0 Å². The number of piperidine rings is 1. The van der Waals surface area contributed by atoms with Gasteiger partial charge in [0.1, 0.15) is 5.82 Å². The van der Waals surface area contributed by atoms with Crippen molar-refractivity contribution < 1.29 is 13.2 Å². The lowest BCUT2D eigenvalue weighted by Gasteiger charge is -2.21. The van der Waals surface area contributed by atoms with E-state index in [-0.39, 0.29) is 0 Å². The van der Waals surface area contributed by atoms with E-state index < -0.39 is 11.7 Å². The molecule has 102 valence electrons. The summed E-state index contributed by atoms with van der Waals surface area (Å²) in [6, 6.07) is 2.26. The quantitative estimate of drug-likeness (QED) is 0.862. The molecule has 0 saturated carbocycles. The normalized spacial score (nSPS) is 18.1. The summed E-state index contributed by atoms with van der Waals surface area (Å²) in [7, 11) is 0. The van der Waals surface area contributed by atoms with E-state index in [1.54, 1.807) is 4.40 Å². The lowest BCUT2D eigenvalue weighted by Crippen LogP contribution is -2.27. The molecule has 0 radical (unpaired) electrons. The number of hydrogen-bond donors (Lipinski definition) is 1. The Morgan fingerprint density at radius 1 is 1.26 bits per heavy atom. The summed E-state index contributed by atoms with van der Waals surface area (Å²) in [4.78, 5) is 4.31. The van der Waals surface area contributed by atoms with Gasteiger partial charge in [-0.05, 0) is 38.1 Å². The number of nitrogens with zero attached hydrogens (tertiary/aromatic N) is 2. The van der Waals surface area contributed by atoms with Crippen molar-refractivity contribution in [1.29, 1.82) is 0 Å². The van der Waals surface area contributed by atoms with E-state index in [0.717, 1.165) is 43.9 Å². The van der Waals surface area contributed by atoms with Crippen LogP contribution in [0, 0.1) is 0 Å². The molecule has 2 aromatic rings. The summed E-state index contributed by atoms with van der Waals surface area (Å²) < 4.78 is 39.7. The zero-order valence-corrected chi connectivity index (χ0v) is 10.2. The molecule has 0 aromatic carbocycles. The fourth-order valence-corrected chi connectivity index (χ4v) is 2.58. The molecule has 0 atom stereocenters. The molecule has 1 saturated heterocycles. The molecule has 0 aliphatic carbocycles. The molecular formula is C13H14F3N3. The van der Waals surface area contributed by atoms with Crippen LogP contribution < -0.4 is 5.32 Å². The summed E-state index contributed by atoms with van der Waals surface area (Å²) >= 11 is 0. The SMILES string of the molecule is FC(F)(F)c1ccn2c(C3CCNCC3)ncc2c1. The monoisotopic (exact) mass is 269 g/mol. The predicted molar refractivity (Wildman–Crippen MR) is 65.0 cm³/mol. The highest BCUT2D eigenvalue weighted by Gasteiger charge is 2.31. The van der Waals surface area contributed by atoms with Crippen molar-refractivity contribution >= 4 is 5.52 Å². The summed E-state index contributed by atoms with van der Waals surface area (Å²) in [5, 5.41) is 3.27. The van der Waals surface area contributed by atoms with Gasteiger partial charge in [-0.15, -0.1) is 0 Å². The second-order valence-corrected chi connectivity index (χ2v) is 4.85. The Kier molecular flexibility index (Phi) is 2.97. The van der Waals surface area contributed by atoms with Crippen LogP contribution in [-0.4, -0.2) is 22.5 Å². The number of alkyl halides is 3. The summed E-state index contributed by atoms with van der Waals surface area (Å²) in [5.41, 5.74) is -0.125. The van der Waals surface area contributed by atoms with Crippen LogP contribution in [0.15, 0.2) is 24.5 Å². The minimum atomic E-state index is -4.30. The Morgan fingerprint density at radius 3 is 2.68 bits per heavy atom. The second kappa shape index (κ2) is 4.52. The average molecular weight is 269 g/mol. The Hall–Kier alpha value is -1.56. The standard InChI is InChI=1S/C13H14F3N3/c14-13(15,16)10-3-6-19-11(7-10)8-18-12(19)9-1-4-17-5-2-9/h3,6-9,17H,1-2,4-5H2. The number of rotatable bonds is 1. The van der Waals surface area contributed by atoms with Crippen molar-refractivity contribution in [2.45, 2.75) is 24.9 Å². The first kappa shape index (κ1) is 12.5. The first-order chi connectivity index (χ1) is 9.05. The predicted octanol–water partition coefficient (Wildman–Crippen LogP) is 2.82. The minimum Gasteiger partial charge on any atom is -0.317 e. The highest BCUT2D eigenvalue weighted by Crippen LogP contribution is 2.31. The molecule has 3 heterocycles. The second-order valence-electron chi connectivity index (χ2n) is 4.85. The van der Waals surface area contributed by atoms with E-state index in [4.69, 9.17) is 0 Å². The fourth-order valence-electron chi connectivity index (χ4n) is 2.58. The van der Waals surface area contributed by atoms with Gasteiger partial charge < -0.3 is 9.72 Å². The van der Waals surface area contributed by atoms with Gasteiger partial charge in [0.05, 0.1) is 17.3 Å². The lowest BCUT2D eigenvalue weighted by molar-refractivity contribution is -0.137. The minimum absolute atomic E-state index is 0.320. The van der Waals surface area contributed by atoms with Gasteiger partial charge in [0.25, 0.3) is 0 Å². The van der Waals surface area contributed by atoms with Crippen LogP contribution in [0.1, 0.15) is 30.1 Å². The highest BCUT2D eigenvalue weighted by atomic mass is 19.4. The van der Waals surface area contributed by atoms with Crippen molar-refractivity contribution in [1.82, 2.24) is 14.7 Å². The first-order valence-corrected chi connectivity index (χ1v) is 6.30. The third kappa shape index (κ3) is 2.32. The van der Waals surface area contributed by atoms with Crippen molar-refractivity contribution in [3.8, 4) is 0 Å². The third-order valence-electron chi connectivity index (χ3n) is 3.59. The summed E-state index contributed by atoms with van der Waals surface area (Å²) in [6.07, 6.45) is 0.635. The lowest BCUT2D eigenvalue weighted by atomic mass is 9.97. The number of hydrogen-bond acceptors (Lipinski definition) is 2. The molecule has 3 rings (SSSR count). The maximum absolute atomic E-state index is 12.6. The maximum atomic E-state index is 12.6. The van der Waals surface area contributed by atoms with E-state index in [2.05, 4.69) is 10.3 Å².